The summed E-state index contributed by atoms with van der Waals surface area (Å²) in [5.41, 5.74) is 2.14. The van der Waals surface area contributed by atoms with E-state index in [2.05, 4.69) is 27.2 Å². The smallest absolute Gasteiger partial charge is 0.326 e. The molecule has 0 bridgehead atoms. The molecule has 1 atom stereocenters. The monoisotopic (exact) mass is 378 g/mol. The van der Waals surface area contributed by atoms with Crippen LogP contribution < -0.4 is 10.2 Å². The van der Waals surface area contributed by atoms with E-state index in [1.807, 2.05) is 49.4 Å². The summed E-state index contributed by atoms with van der Waals surface area (Å²) < 4.78 is 0. The molecule has 0 aliphatic carbocycles. The summed E-state index contributed by atoms with van der Waals surface area (Å²) in [5, 5.41) is 2.89. The van der Waals surface area contributed by atoms with Gasteiger partial charge in [0.1, 0.15) is 5.54 Å². The van der Waals surface area contributed by atoms with E-state index in [1.54, 1.807) is 6.92 Å². The number of rotatable bonds is 4. The molecule has 6 heteroatoms. The minimum atomic E-state index is -1.00. The molecular formula is C22H26N4O2. The number of imide groups is 1. The second-order valence-electron chi connectivity index (χ2n) is 7.74. The maximum absolute atomic E-state index is 13.1. The SMILES string of the molecule is Cc1ccc([C@]2(C)NC(=O)N(CN3CCN(c4ccccc4)CC3)C2=O)cc1. The second-order valence-corrected chi connectivity index (χ2v) is 7.74. The highest BCUT2D eigenvalue weighted by atomic mass is 16.2. The van der Waals surface area contributed by atoms with Gasteiger partial charge in [0.05, 0.1) is 6.67 Å². The van der Waals surface area contributed by atoms with Crippen LogP contribution in [0.15, 0.2) is 54.6 Å². The Balaban J connectivity index is 1.41. The number of hydrogen-bond donors (Lipinski definition) is 1. The van der Waals surface area contributed by atoms with Crippen molar-refractivity contribution in [3.05, 3.63) is 65.7 Å². The zero-order chi connectivity index (χ0) is 19.7. The number of urea groups is 1. The lowest BCUT2D eigenvalue weighted by Gasteiger charge is -2.37. The average molecular weight is 378 g/mol. The molecule has 0 spiro atoms. The molecule has 2 aromatic carbocycles. The van der Waals surface area contributed by atoms with E-state index in [9.17, 15) is 9.59 Å². The zero-order valence-corrected chi connectivity index (χ0v) is 16.4. The lowest BCUT2D eigenvalue weighted by Crippen LogP contribution is -2.51. The molecule has 3 amide bonds. The first-order valence-electron chi connectivity index (χ1n) is 9.71. The average Bonchev–Trinajstić information content (AvgIpc) is 2.93. The molecular weight excluding hydrogens is 352 g/mol. The zero-order valence-electron chi connectivity index (χ0n) is 16.4. The van der Waals surface area contributed by atoms with Crippen LogP contribution in [0, 0.1) is 6.92 Å². The van der Waals surface area contributed by atoms with Crippen molar-refractivity contribution in [3.63, 3.8) is 0 Å². The standard InChI is InChI=1S/C22H26N4O2/c1-17-8-10-18(11-9-17)22(2)20(27)26(21(28)23-22)16-24-12-14-25(15-13-24)19-6-4-3-5-7-19/h3-11H,12-16H2,1-2H3,(H,23,28)/t22-/m0/s1. The van der Waals surface area contributed by atoms with E-state index in [0.29, 0.717) is 6.67 Å². The Morgan fingerprint density at radius 3 is 2.21 bits per heavy atom. The van der Waals surface area contributed by atoms with Crippen molar-refractivity contribution >= 4 is 17.6 Å². The van der Waals surface area contributed by atoms with Gasteiger partial charge in [0.25, 0.3) is 5.91 Å². The highest BCUT2D eigenvalue weighted by molar-refractivity contribution is 6.07. The van der Waals surface area contributed by atoms with E-state index < -0.39 is 5.54 Å². The molecule has 4 rings (SSSR count). The van der Waals surface area contributed by atoms with Gasteiger partial charge in [0, 0.05) is 31.9 Å². The molecule has 2 fully saturated rings. The van der Waals surface area contributed by atoms with Gasteiger partial charge in [0.2, 0.25) is 0 Å². The van der Waals surface area contributed by atoms with Crippen LogP contribution in [0.1, 0.15) is 18.1 Å². The fourth-order valence-corrected chi connectivity index (χ4v) is 3.89. The van der Waals surface area contributed by atoms with Gasteiger partial charge in [-0.05, 0) is 31.5 Å². The van der Waals surface area contributed by atoms with Crippen LogP contribution in [0.2, 0.25) is 0 Å². The Morgan fingerprint density at radius 1 is 0.929 bits per heavy atom. The molecule has 6 nitrogen and oxygen atoms in total. The van der Waals surface area contributed by atoms with E-state index in [1.165, 1.54) is 10.6 Å². The van der Waals surface area contributed by atoms with E-state index >= 15 is 0 Å². The number of amides is 3. The number of aryl methyl sites for hydroxylation is 1. The van der Waals surface area contributed by atoms with Gasteiger partial charge in [-0.15, -0.1) is 0 Å². The van der Waals surface area contributed by atoms with Gasteiger partial charge in [-0.1, -0.05) is 48.0 Å². The first kappa shape index (κ1) is 18.5. The maximum atomic E-state index is 13.1. The minimum absolute atomic E-state index is 0.188. The van der Waals surface area contributed by atoms with Crippen molar-refractivity contribution in [2.24, 2.45) is 0 Å². The van der Waals surface area contributed by atoms with Crippen LogP contribution in [0.4, 0.5) is 10.5 Å². The molecule has 0 aromatic heterocycles. The predicted octanol–water partition coefficient (Wildman–Crippen LogP) is 2.54. The summed E-state index contributed by atoms with van der Waals surface area (Å²) in [6.07, 6.45) is 0. The van der Waals surface area contributed by atoms with Crippen LogP contribution >= 0.6 is 0 Å². The first-order valence-corrected chi connectivity index (χ1v) is 9.71. The summed E-state index contributed by atoms with van der Waals surface area (Å²) in [5.74, 6) is -0.188. The van der Waals surface area contributed by atoms with Gasteiger partial charge in [-0.25, -0.2) is 9.69 Å². The summed E-state index contributed by atoms with van der Waals surface area (Å²) in [6, 6.07) is 17.8. The fraction of sp³-hybridized carbons (Fsp3) is 0.364. The molecule has 2 aromatic rings. The third-order valence-corrected chi connectivity index (χ3v) is 5.74. The normalized spacial score (nSPS) is 23.2. The molecule has 2 aliphatic heterocycles. The van der Waals surface area contributed by atoms with E-state index in [-0.39, 0.29) is 11.9 Å². The van der Waals surface area contributed by atoms with Crippen molar-refractivity contribution in [1.82, 2.24) is 15.1 Å². The van der Waals surface area contributed by atoms with Crippen molar-refractivity contribution in [2.75, 3.05) is 37.7 Å². The van der Waals surface area contributed by atoms with Crippen LogP contribution in [0.5, 0.6) is 0 Å². The van der Waals surface area contributed by atoms with E-state index in [0.717, 1.165) is 37.3 Å². The van der Waals surface area contributed by atoms with Gasteiger partial charge in [-0.2, -0.15) is 0 Å². The molecule has 2 saturated heterocycles. The Morgan fingerprint density at radius 2 is 1.57 bits per heavy atom. The van der Waals surface area contributed by atoms with Crippen molar-refractivity contribution < 1.29 is 9.59 Å². The van der Waals surface area contributed by atoms with E-state index in [4.69, 9.17) is 0 Å². The lowest BCUT2D eigenvalue weighted by atomic mass is 9.91. The minimum Gasteiger partial charge on any atom is -0.369 e. The number of piperazine rings is 1. The molecule has 28 heavy (non-hydrogen) atoms. The summed E-state index contributed by atoms with van der Waals surface area (Å²) in [4.78, 5) is 31.5. The first-order chi connectivity index (χ1) is 13.5. The Hall–Kier alpha value is -2.86. The number of anilines is 1. The highest BCUT2D eigenvalue weighted by Crippen LogP contribution is 2.29. The van der Waals surface area contributed by atoms with Gasteiger partial charge < -0.3 is 10.2 Å². The van der Waals surface area contributed by atoms with Crippen molar-refractivity contribution in [3.8, 4) is 0 Å². The van der Waals surface area contributed by atoms with Crippen LogP contribution in [0.3, 0.4) is 0 Å². The Bertz CT molecular complexity index is 860. The molecule has 0 unspecified atom stereocenters. The fourth-order valence-electron chi connectivity index (χ4n) is 3.89. The number of hydrogen-bond acceptors (Lipinski definition) is 4. The van der Waals surface area contributed by atoms with Crippen LogP contribution in [0.25, 0.3) is 0 Å². The summed E-state index contributed by atoms with van der Waals surface area (Å²) >= 11 is 0. The van der Waals surface area contributed by atoms with Gasteiger partial charge >= 0.3 is 6.03 Å². The number of para-hydroxylation sites is 1. The highest BCUT2D eigenvalue weighted by Gasteiger charge is 2.49. The largest absolute Gasteiger partial charge is 0.369 e. The number of carbonyl (C=O) groups is 2. The lowest BCUT2D eigenvalue weighted by molar-refractivity contribution is -0.132. The topological polar surface area (TPSA) is 55.9 Å². The molecule has 2 aliphatic rings. The van der Waals surface area contributed by atoms with Crippen molar-refractivity contribution in [1.29, 1.82) is 0 Å². The van der Waals surface area contributed by atoms with Gasteiger partial charge in [0.15, 0.2) is 0 Å². The number of benzene rings is 2. The molecule has 146 valence electrons. The maximum Gasteiger partial charge on any atom is 0.326 e. The number of nitrogens with one attached hydrogen (secondary N) is 1. The number of nitrogens with zero attached hydrogens (tertiary/aromatic N) is 3. The van der Waals surface area contributed by atoms with Crippen molar-refractivity contribution in [2.45, 2.75) is 19.4 Å². The molecule has 0 saturated carbocycles. The predicted molar refractivity (Wildman–Crippen MR) is 109 cm³/mol. The Labute approximate surface area is 165 Å². The molecule has 0 radical (unpaired) electrons. The second kappa shape index (κ2) is 7.28. The number of carbonyl (C=O) groups excluding carboxylic acids is 2. The quantitative estimate of drug-likeness (QED) is 0.831. The van der Waals surface area contributed by atoms with Gasteiger partial charge in [-0.3, -0.25) is 9.69 Å². The summed E-state index contributed by atoms with van der Waals surface area (Å²) in [7, 11) is 0. The van der Waals surface area contributed by atoms with Crippen LogP contribution in [-0.4, -0.2) is 54.6 Å². The third kappa shape index (κ3) is 3.36. The third-order valence-electron chi connectivity index (χ3n) is 5.74. The summed E-state index contributed by atoms with van der Waals surface area (Å²) in [6.45, 7) is 7.49. The van der Waals surface area contributed by atoms with Crippen LogP contribution in [-0.2, 0) is 10.3 Å². The Kier molecular flexibility index (Phi) is 4.81. The molecule has 2 heterocycles. The molecule has 1 N–H and O–H groups in total.